The zero-order valence-electron chi connectivity index (χ0n) is 8.68. The molecule has 0 saturated carbocycles. The molecule has 0 amide bonds. The summed E-state index contributed by atoms with van der Waals surface area (Å²) >= 11 is 1.62. The Morgan fingerprint density at radius 2 is 2.47 bits per heavy atom. The van der Waals surface area contributed by atoms with Crippen LogP contribution in [0.3, 0.4) is 0 Å². The van der Waals surface area contributed by atoms with Crippen molar-refractivity contribution in [3.63, 3.8) is 0 Å². The molecule has 0 bridgehead atoms. The van der Waals surface area contributed by atoms with Crippen molar-refractivity contribution in [1.82, 2.24) is 14.8 Å². The van der Waals surface area contributed by atoms with Crippen LogP contribution in [-0.2, 0) is 13.1 Å². The molecular formula is C10H14N4S. The first-order valence-corrected chi connectivity index (χ1v) is 5.97. The summed E-state index contributed by atoms with van der Waals surface area (Å²) in [7, 11) is 0. The lowest BCUT2D eigenvalue weighted by molar-refractivity contribution is 0.607. The molecule has 0 radical (unpaired) electrons. The number of nitrogens with one attached hydrogen (secondary N) is 1. The first-order chi connectivity index (χ1) is 7.40. The van der Waals surface area contributed by atoms with E-state index in [0.717, 1.165) is 31.0 Å². The van der Waals surface area contributed by atoms with Gasteiger partial charge in [-0.2, -0.15) is 5.10 Å². The molecule has 0 aliphatic carbocycles. The third-order valence-electron chi connectivity index (χ3n) is 2.09. The number of anilines is 1. The zero-order chi connectivity index (χ0) is 10.5. The number of aromatic nitrogens is 3. The first kappa shape index (κ1) is 10.2. The second kappa shape index (κ2) is 4.93. The molecule has 0 aliphatic heterocycles. The summed E-state index contributed by atoms with van der Waals surface area (Å²) in [6.07, 6.45) is 2.91. The molecule has 0 spiro atoms. The van der Waals surface area contributed by atoms with Crippen LogP contribution in [-0.4, -0.2) is 14.8 Å². The maximum absolute atomic E-state index is 4.24. The fourth-order valence-corrected chi connectivity index (χ4v) is 1.94. The lowest BCUT2D eigenvalue weighted by Gasteiger charge is -2.07. The Bertz CT molecular complexity index is 393. The second-order valence-corrected chi connectivity index (χ2v) is 3.99. The normalized spacial score (nSPS) is 10.5. The van der Waals surface area contributed by atoms with Crippen LogP contribution in [0.1, 0.15) is 19.0 Å². The van der Waals surface area contributed by atoms with E-state index in [1.165, 1.54) is 0 Å². The predicted molar refractivity (Wildman–Crippen MR) is 62.0 cm³/mol. The third kappa shape index (κ3) is 2.56. The summed E-state index contributed by atoms with van der Waals surface area (Å²) in [6.45, 7) is 3.86. The van der Waals surface area contributed by atoms with Crippen molar-refractivity contribution < 1.29 is 0 Å². The van der Waals surface area contributed by atoms with Crippen LogP contribution in [0.2, 0.25) is 0 Å². The maximum atomic E-state index is 4.24. The largest absolute Gasteiger partial charge is 0.365 e. The predicted octanol–water partition coefficient (Wildman–Crippen LogP) is 2.36. The van der Waals surface area contributed by atoms with Gasteiger partial charge in [-0.05, 0) is 6.42 Å². The molecule has 0 aromatic carbocycles. The summed E-state index contributed by atoms with van der Waals surface area (Å²) in [6, 6.07) is 1.99. The number of aryl methyl sites for hydroxylation is 1. The minimum absolute atomic E-state index is 0.763. The summed E-state index contributed by atoms with van der Waals surface area (Å²) in [5.74, 6) is 1.06. The van der Waals surface area contributed by atoms with Crippen molar-refractivity contribution >= 4 is 17.2 Å². The molecule has 2 aromatic rings. The van der Waals surface area contributed by atoms with Gasteiger partial charge in [-0.1, -0.05) is 6.92 Å². The van der Waals surface area contributed by atoms with Crippen LogP contribution in [0, 0.1) is 0 Å². The van der Waals surface area contributed by atoms with Gasteiger partial charge in [0.25, 0.3) is 0 Å². The number of nitrogens with zero attached hydrogens (tertiary/aromatic N) is 3. The third-order valence-corrected chi connectivity index (χ3v) is 2.72. The Morgan fingerprint density at radius 1 is 1.53 bits per heavy atom. The van der Waals surface area contributed by atoms with Crippen molar-refractivity contribution in [3.8, 4) is 0 Å². The fraction of sp³-hybridized carbons (Fsp3) is 0.400. The van der Waals surface area contributed by atoms with Crippen LogP contribution in [0.4, 0.5) is 5.82 Å². The quantitative estimate of drug-likeness (QED) is 0.844. The number of rotatable bonds is 5. The van der Waals surface area contributed by atoms with Gasteiger partial charge in [0.2, 0.25) is 0 Å². The van der Waals surface area contributed by atoms with E-state index < -0.39 is 0 Å². The molecule has 5 heteroatoms. The average Bonchev–Trinajstić information content (AvgIpc) is 2.85. The number of hydrogen-bond donors (Lipinski definition) is 1. The summed E-state index contributed by atoms with van der Waals surface area (Å²) in [4.78, 5) is 4.22. The van der Waals surface area contributed by atoms with Gasteiger partial charge in [-0.15, -0.1) is 11.3 Å². The lowest BCUT2D eigenvalue weighted by atomic mass is 10.4. The van der Waals surface area contributed by atoms with Crippen molar-refractivity contribution in [2.45, 2.75) is 26.4 Å². The van der Waals surface area contributed by atoms with Crippen LogP contribution >= 0.6 is 11.3 Å². The van der Waals surface area contributed by atoms with Crippen molar-refractivity contribution in [2.75, 3.05) is 5.32 Å². The van der Waals surface area contributed by atoms with E-state index in [4.69, 9.17) is 0 Å². The molecule has 1 N–H and O–H groups in total. The molecule has 0 atom stereocenters. The van der Waals surface area contributed by atoms with Crippen LogP contribution in [0.25, 0.3) is 0 Å². The SMILES string of the molecule is CCCn1nccc1NCc1cscn1. The number of thiazole rings is 1. The molecule has 0 unspecified atom stereocenters. The summed E-state index contributed by atoms with van der Waals surface area (Å²) < 4.78 is 1.98. The van der Waals surface area contributed by atoms with Gasteiger partial charge in [-0.3, -0.25) is 0 Å². The van der Waals surface area contributed by atoms with Gasteiger partial charge in [0.15, 0.2) is 0 Å². The van der Waals surface area contributed by atoms with Crippen molar-refractivity contribution in [1.29, 1.82) is 0 Å². The minimum Gasteiger partial charge on any atom is -0.365 e. The zero-order valence-corrected chi connectivity index (χ0v) is 9.50. The van der Waals surface area contributed by atoms with Crippen molar-refractivity contribution in [2.24, 2.45) is 0 Å². The van der Waals surface area contributed by atoms with E-state index in [2.05, 4.69) is 22.3 Å². The molecule has 2 rings (SSSR count). The molecule has 2 aromatic heterocycles. The smallest absolute Gasteiger partial charge is 0.124 e. The maximum Gasteiger partial charge on any atom is 0.124 e. The molecule has 4 nitrogen and oxygen atoms in total. The Balaban J connectivity index is 1.95. The highest BCUT2D eigenvalue weighted by molar-refractivity contribution is 7.07. The lowest BCUT2D eigenvalue weighted by Crippen LogP contribution is -2.07. The fourth-order valence-electron chi connectivity index (χ4n) is 1.38. The van der Waals surface area contributed by atoms with Gasteiger partial charge in [-0.25, -0.2) is 9.67 Å². The van der Waals surface area contributed by atoms with Crippen LogP contribution < -0.4 is 5.32 Å². The Labute approximate surface area is 93.0 Å². The molecule has 0 fully saturated rings. The number of hydrogen-bond acceptors (Lipinski definition) is 4. The topological polar surface area (TPSA) is 42.7 Å². The monoisotopic (exact) mass is 222 g/mol. The minimum atomic E-state index is 0.763. The van der Waals surface area contributed by atoms with Gasteiger partial charge >= 0.3 is 0 Å². The van der Waals surface area contributed by atoms with Gasteiger partial charge in [0.05, 0.1) is 23.9 Å². The Kier molecular flexibility index (Phi) is 3.34. The highest BCUT2D eigenvalue weighted by Crippen LogP contribution is 2.09. The molecule has 0 aliphatic rings. The van der Waals surface area contributed by atoms with Crippen LogP contribution in [0.15, 0.2) is 23.2 Å². The Hall–Kier alpha value is -1.36. The van der Waals surface area contributed by atoms with E-state index in [1.54, 1.807) is 11.3 Å². The molecular weight excluding hydrogens is 208 g/mol. The van der Waals surface area contributed by atoms with Gasteiger partial charge < -0.3 is 5.32 Å². The van der Waals surface area contributed by atoms with E-state index in [-0.39, 0.29) is 0 Å². The van der Waals surface area contributed by atoms with Crippen molar-refractivity contribution in [3.05, 3.63) is 28.8 Å². The molecule has 2 heterocycles. The highest BCUT2D eigenvalue weighted by atomic mass is 32.1. The van der Waals surface area contributed by atoms with Gasteiger partial charge in [0, 0.05) is 18.0 Å². The van der Waals surface area contributed by atoms with Crippen LogP contribution in [0.5, 0.6) is 0 Å². The average molecular weight is 222 g/mol. The second-order valence-electron chi connectivity index (χ2n) is 3.27. The van der Waals surface area contributed by atoms with E-state index in [0.29, 0.717) is 0 Å². The van der Waals surface area contributed by atoms with E-state index >= 15 is 0 Å². The Morgan fingerprint density at radius 3 is 3.20 bits per heavy atom. The molecule has 80 valence electrons. The summed E-state index contributed by atoms with van der Waals surface area (Å²) in [5, 5.41) is 9.62. The molecule has 0 saturated heterocycles. The molecule has 15 heavy (non-hydrogen) atoms. The van der Waals surface area contributed by atoms with Gasteiger partial charge in [0.1, 0.15) is 5.82 Å². The highest BCUT2D eigenvalue weighted by Gasteiger charge is 2.01. The van der Waals surface area contributed by atoms with E-state index in [1.807, 2.05) is 27.8 Å². The van der Waals surface area contributed by atoms with E-state index in [9.17, 15) is 0 Å². The standard InChI is InChI=1S/C10H14N4S/c1-2-5-14-10(3-4-13-14)11-6-9-7-15-8-12-9/h3-4,7-8,11H,2,5-6H2,1H3. The first-order valence-electron chi connectivity index (χ1n) is 5.03. The summed E-state index contributed by atoms with van der Waals surface area (Å²) in [5.41, 5.74) is 2.92.